The van der Waals surface area contributed by atoms with Gasteiger partial charge >= 0.3 is 0 Å². The second-order valence-electron chi connectivity index (χ2n) is 6.63. The highest BCUT2D eigenvalue weighted by Crippen LogP contribution is 2.25. The fraction of sp³-hybridized carbons (Fsp3) is 0.368. The quantitative estimate of drug-likeness (QED) is 0.511. The number of nitrogens with one attached hydrogen (secondary N) is 1. The van der Waals surface area contributed by atoms with Crippen LogP contribution in [0.4, 0.5) is 0 Å². The normalized spacial score (nSPS) is 12.5. The van der Waals surface area contributed by atoms with Crippen LogP contribution >= 0.6 is 11.8 Å². The lowest BCUT2D eigenvalue weighted by molar-refractivity contribution is -0.119. The molecule has 0 bridgehead atoms. The minimum absolute atomic E-state index is 0.000144. The highest BCUT2D eigenvalue weighted by Gasteiger charge is 2.17. The van der Waals surface area contributed by atoms with E-state index in [2.05, 4.69) is 46.4 Å². The molecule has 0 saturated heterocycles. The second-order valence-corrected chi connectivity index (χ2v) is 7.60. The van der Waals surface area contributed by atoms with E-state index >= 15 is 0 Å². The first-order chi connectivity index (χ1) is 12.5. The summed E-state index contributed by atoms with van der Waals surface area (Å²) >= 11 is 1.41. The van der Waals surface area contributed by atoms with Gasteiger partial charge in [-0.05, 0) is 17.9 Å². The molecule has 0 aliphatic carbocycles. The standard InChI is InChI=1S/C19H23N5OS/c1-13(2)9-16(14-7-5-4-6-8-14)23-17(25)11-26-19-15-10-22-24(3)18(15)20-12-21-19/h4-8,10,12-13,16H,9,11H2,1-3H3,(H,23,25)/t16-/m0/s1. The Kier molecular flexibility index (Phi) is 5.88. The summed E-state index contributed by atoms with van der Waals surface area (Å²) in [4.78, 5) is 21.0. The third-order valence-corrected chi connectivity index (χ3v) is 5.08. The van der Waals surface area contributed by atoms with E-state index in [0.717, 1.165) is 28.0 Å². The molecule has 136 valence electrons. The first-order valence-corrected chi connectivity index (χ1v) is 9.63. The van der Waals surface area contributed by atoms with Crippen molar-refractivity contribution in [1.29, 1.82) is 0 Å². The van der Waals surface area contributed by atoms with Gasteiger partial charge in [-0.15, -0.1) is 0 Å². The summed E-state index contributed by atoms with van der Waals surface area (Å²) in [6, 6.07) is 10.1. The number of carbonyl (C=O) groups is 1. The fourth-order valence-corrected chi connectivity index (χ4v) is 3.63. The summed E-state index contributed by atoms with van der Waals surface area (Å²) in [6.45, 7) is 4.33. The van der Waals surface area contributed by atoms with Crippen molar-refractivity contribution in [2.24, 2.45) is 13.0 Å². The monoisotopic (exact) mass is 369 g/mol. The zero-order valence-corrected chi connectivity index (χ0v) is 16.0. The van der Waals surface area contributed by atoms with Gasteiger partial charge in [0.15, 0.2) is 5.65 Å². The van der Waals surface area contributed by atoms with Gasteiger partial charge in [0.25, 0.3) is 0 Å². The number of carbonyl (C=O) groups excluding carboxylic acids is 1. The van der Waals surface area contributed by atoms with Crippen molar-refractivity contribution in [3.05, 3.63) is 48.4 Å². The van der Waals surface area contributed by atoms with E-state index in [-0.39, 0.29) is 11.9 Å². The third-order valence-electron chi connectivity index (χ3n) is 4.08. The van der Waals surface area contributed by atoms with Crippen LogP contribution in [0.3, 0.4) is 0 Å². The number of nitrogens with zero attached hydrogens (tertiary/aromatic N) is 4. The summed E-state index contributed by atoms with van der Waals surface area (Å²) in [6.07, 6.45) is 4.15. The van der Waals surface area contributed by atoms with E-state index in [1.54, 1.807) is 10.9 Å². The van der Waals surface area contributed by atoms with Crippen LogP contribution in [0.25, 0.3) is 11.0 Å². The largest absolute Gasteiger partial charge is 0.349 e. The van der Waals surface area contributed by atoms with Gasteiger partial charge in [0.05, 0.1) is 23.4 Å². The predicted molar refractivity (Wildman–Crippen MR) is 104 cm³/mol. The van der Waals surface area contributed by atoms with E-state index in [4.69, 9.17) is 0 Å². The molecule has 26 heavy (non-hydrogen) atoms. The number of thioether (sulfide) groups is 1. The van der Waals surface area contributed by atoms with Gasteiger partial charge in [0.2, 0.25) is 5.91 Å². The van der Waals surface area contributed by atoms with E-state index in [0.29, 0.717) is 11.7 Å². The van der Waals surface area contributed by atoms with Crippen LogP contribution in [0, 0.1) is 5.92 Å². The average Bonchev–Trinajstić information content (AvgIpc) is 3.02. The van der Waals surface area contributed by atoms with Gasteiger partial charge < -0.3 is 5.32 Å². The summed E-state index contributed by atoms with van der Waals surface area (Å²) in [7, 11) is 1.84. The van der Waals surface area contributed by atoms with Crippen LogP contribution in [0.1, 0.15) is 31.9 Å². The minimum Gasteiger partial charge on any atom is -0.349 e. The van der Waals surface area contributed by atoms with Crippen LogP contribution in [-0.4, -0.2) is 31.4 Å². The molecule has 2 aromatic heterocycles. The number of hydrogen-bond acceptors (Lipinski definition) is 5. The van der Waals surface area contributed by atoms with Crippen molar-refractivity contribution >= 4 is 28.7 Å². The van der Waals surface area contributed by atoms with Gasteiger partial charge in [-0.25, -0.2) is 9.97 Å². The van der Waals surface area contributed by atoms with Crippen molar-refractivity contribution < 1.29 is 4.79 Å². The Balaban J connectivity index is 1.66. The molecular weight excluding hydrogens is 346 g/mol. The van der Waals surface area contributed by atoms with Crippen LogP contribution < -0.4 is 5.32 Å². The smallest absolute Gasteiger partial charge is 0.230 e. The topological polar surface area (TPSA) is 72.7 Å². The Morgan fingerprint density at radius 2 is 2.00 bits per heavy atom. The number of hydrogen-bond donors (Lipinski definition) is 1. The van der Waals surface area contributed by atoms with E-state index in [9.17, 15) is 4.79 Å². The molecular formula is C19H23N5OS. The van der Waals surface area contributed by atoms with Crippen molar-refractivity contribution in [3.8, 4) is 0 Å². The highest BCUT2D eigenvalue weighted by molar-refractivity contribution is 8.00. The second kappa shape index (κ2) is 8.31. The van der Waals surface area contributed by atoms with Crippen molar-refractivity contribution in [2.45, 2.75) is 31.3 Å². The van der Waals surface area contributed by atoms with Gasteiger partial charge in [-0.2, -0.15) is 5.10 Å². The van der Waals surface area contributed by atoms with E-state index < -0.39 is 0 Å². The summed E-state index contributed by atoms with van der Waals surface area (Å²) in [5.41, 5.74) is 1.90. The Hall–Kier alpha value is -2.41. The van der Waals surface area contributed by atoms with Crippen molar-refractivity contribution in [1.82, 2.24) is 25.1 Å². The molecule has 2 heterocycles. The SMILES string of the molecule is CC(C)C[C@H](NC(=O)CSc1ncnc2c1cnn2C)c1ccccc1. The van der Waals surface area contributed by atoms with Crippen molar-refractivity contribution in [3.63, 3.8) is 0 Å². The third kappa shape index (κ3) is 4.40. The van der Waals surface area contributed by atoms with E-state index in [1.165, 1.54) is 18.1 Å². The Bertz CT molecular complexity index is 878. The molecule has 6 nitrogen and oxygen atoms in total. The molecule has 0 spiro atoms. The Morgan fingerprint density at radius 1 is 1.23 bits per heavy atom. The Labute approximate surface area is 157 Å². The number of rotatable bonds is 7. The maximum Gasteiger partial charge on any atom is 0.230 e. The molecule has 0 fully saturated rings. The van der Waals surface area contributed by atoms with Gasteiger partial charge in [-0.3, -0.25) is 9.48 Å². The maximum absolute atomic E-state index is 12.5. The van der Waals surface area contributed by atoms with E-state index in [1.807, 2.05) is 25.2 Å². The van der Waals surface area contributed by atoms with Gasteiger partial charge in [-0.1, -0.05) is 55.9 Å². The lowest BCUT2D eigenvalue weighted by Gasteiger charge is -2.21. The van der Waals surface area contributed by atoms with Crippen LogP contribution in [-0.2, 0) is 11.8 Å². The molecule has 0 radical (unpaired) electrons. The fourth-order valence-electron chi connectivity index (χ4n) is 2.86. The first kappa shape index (κ1) is 18.4. The number of amides is 1. The summed E-state index contributed by atoms with van der Waals surface area (Å²) in [5, 5.41) is 9.01. The molecule has 1 amide bonds. The zero-order chi connectivity index (χ0) is 18.5. The molecule has 1 atom stereocenters. The van der Waals surface area contributed by atoms with Gasteiger partial charge in [0.1, 0.15) is 11.4 Å². The van der Waals surface area contributed by atoms with Crippen LogP contribution in [0.5, 0.6) is 0 Å². The number of benzene rings is 1. The van der Waals surface area contributed by atoms with Crippen LogP contribution in [0.2, 0.25) is 0 Å². The predicted octanol–water partition coefficient (Wildman–Crippen LogP) is 3.36. The molecule has 3 aromatic rings. The lowest BCUT2D eigenvalue weighted by atomic mass is 9.97. The Morgan fingerprint density at radius 3 is 2.73 bits per heavy atom. The lowest BCUT2D eigenvalue weighted by Crippen LogP contribution is -2.30. The number of fused-ring (bicyclic) bond motifs is 1. The van der Waals surface area contributed by atoms with Gasteiger partial charge in [0, 0.05) is 7.05 Å². The molecule has 0 aliphatic rings. The van der Waals surface area contributed by atoms with Crippen LogP contribution in [0.15, 0.2) is 47.9 Å². The average molecular weight is 369 g/mol. The van der Waals surface area contributed by atoms with Crippen molar-refractivity contribution in [2.75, 3.05) is 5.75 Å². The number of aryl methyl sites for hydroxylation is 1. The maximum atomic E-state index is 12.5. The minimum atomic E-state index is 0.000144. The molecule has 0 saturated carbocycles. The highest BCUT2D eigenvalue weighted by atomic mass is 32.2. The molecule has 3 rings (SSSR count). The molecule has 1 aromatic carbocycles. The zero-order valence-electron chi connectivity index (χ0n) is 15.2. The molecule has 7 heteroatoms. The number of aromatic nitrogens is 4. The summed E-state index contributed by atoms with van der Waals surface area (Å²) in [5.74, 6) is 0.799. The molecule has 0 aliphatic heterocycles. The first-order valence-electron chi connectivity index (χ1n) is 8.64. The molecule has 1 N–H and O–H groups in total. The summed E-state index contributed by atoms with van der Waals surface area (Å²) < 4.78 is 1.70. The molecule has 0 unspecified atom stereocenters.